The fourth-order valence-electron chi connectivity index (χ4n) is 2.16. The first-order valence-corrected chi connectivity index (χ1v) is 6.39. The summed E-state index contributed by atoms with van der Waals surface area (Å²) in [5.41, 5.74) is 0.837. The van der Waals surface area contributed by atoms with Crippen molar-refractivity contribution in [3.8, 4) is 5.69 Å². The summed E-state index contributed by atoms with van der Waals surface area (Å²) in [6, 6.07) is 10.8. The summed E-state index contributed by atoms with van der Waals surface area (Å²) in [4.78, 5) is 16.8. The molecule has 0 amide bonds. The first kappa shape index (κ1) is 12.8. The SMILES string of the molecule is Cc1nc2ccc(F)cc2c(=O)n1-c1ccc(Cl)cc1. The molecule has 0 spiro atoms. The van der Waals surface area contributed by atoms with E-state index in [2.05, 4.69) is 4.98 Å². The highest BCUT2D eigenvalue weighted by atomic mass is 35.5. The van der Waals surface area contributed by atoms with Gasteiger partial charge in [0.15, 0.2) is 0 Å². The Morgan fingerprint density at radius 2 is 1.85 bits per heavy atom. The van der Waals surface area contributed by atoms with Crippen molar-refractivity contribution in [2.75, 3.05) is 0 Å². The number of fused-ring (bicyclic) bond motifs is 1. The second-order valence-electron chi connectivity index (χ2n) is 4.44. The Kier molecular flexibility index (Phi) is 3.03. The lowest BCUT2D eigenvalue weighted by Gasteiger charge is -2.10. The molecule has 0 aliphatic heterocycles. The highest BCUT2D eigenvalue weighted by Crippen LogP contribution is 2.16. The highest BCUT2D eigenvalue weighted by Gasteiger charge is 2.10. The Morgan fingerprint density at radius 1 is 1.15 bits per heavy atom. The summed E-state index contributed by atoms with van der Waals surface area (Å²) in [5, 5.41) is 0.838. The van der Waals surface area contributed by atoms with Gasteiger partial charge in [0.2, 0.25) is 0 Å². The van der Waals surface area contributed by atoms with Crippen molar-refractivity contribution in [2.24, 2.45) is 0 Å². The number of hydrogen-bond donors (Lipinski definition) is 0. The molecule has 0 aliphatic carbocycles. The molecule has 5 heteroatoms. The first-order valence-electron chi connectivity index (χ1n) is 6.01. The zero-order valence-corrected chi connectivity index (χ0v) is 11.4. The molecule has 2 aromatic carbocycles. The number of rotatable bonds is 1. The van der Waals surface area contributed by atoms with Crippen LogP contribution in [0.3, 0.4) is 0 Å². The molecule has 3 aromatic rings. The van der Waals surface area contributed by atoms with E-state index < -0.39 is 5.82 Å². The summed E-state index contributed by atoms with van der Waals surface area (Å²) in [6.45, 7) is 1.73. The van der Waals surface area contributed by atoms with E-state index in [9.17, 15) is 9.18 Å². The van der Waals surface area contributed by atoms with Crippen molar-refractivity contribution in [1.29, 1.82) is 0 Å². The van der Waals surface area contributed by atoms with Crippen LogP contribution >= 0.6 is 11.6 Å². The largest absolute Gasteiger partial charge is 0.268 e. The number of halogens is 2. The molecular weight excluding hydrogens is 279 g/mol. The normalized spacial score (nSPS) is 10.9. The maximum absolute atomic E-state index is 13.3. The summed E-state index contributed by atoms with van der Waals surface area (Å²) >= 11 is 5.84. The predicted octanol–water partition coefficient (Wildman–Crippen LogP) is 3.49. The van der Waals surface area contributed by atoms with E-state index in [1.165, 1.54) is 22.8 Å². The van der Waals surface area contributed by atoms with Gasteiger partial charge in [0.25, 0.3) is 5.56 Å². The van der Waals surface area contributed by atoms with Gasteiger partial charge in [0.05, 0.1) is 16.6 Å². The first-order chi connectivity index (χ1) is 9.56. The van der Waals surface area contributed by atoms with Gasteiger partial charge < -0.3 is 0 Å². The summed E-state index contributed by atoms with van der Waals surface area (Å²) in [7, 11) is 0. The van der Waals surface area contributed by atoms with E-state index in [1.807, 2.05) is 0 Å². The molecule has 0 aliphatic rings. The van der Waals surface area contributed by atoms with Crippen LogP contribution < -0.4 is 5.56 Å². The minimum atomic E-state index is -0.456. The third-order valence-corrected chi connectivity index (χ3v) is 3.33. The van der Waals surface area contributed by atoms with Gasteiger partial charge >= 0.3 is 0 Å². The van der Waals surface area contributed by atoms with Gasteiger partial charge in [-0.3, -0.25) is 9.36 Å². The lowest BCUT2D eigenvalue weighted by molar-refractivity contribution is 0.629. The van der Waals surface area contributed by atoms with Crippen LogP contribution in [0.1, 0.15) is 5.82 Å². The van der Waals surface area contributed by atoms with Gasteiger partial charge in [-0.25, -0.2) is 9.37 Å². The average Bonchev–Trinajstić information content (AvgIpc) is 2.42. The third kappa shape index (κ3) is 2.08. The Bertz CT molecular complexity index is 856. The standard InChI is InChI=1S/C15H10ClFN2O/c1-9-18-14-7-4-11(17)8-13(14)15(20)19(9)12-5-2-10(16)3-6-12/h2-8H,1H3. The van der Waals surface area contributed by atoms with Crippen molar-refractivity contribution in [3.63, 3.8) is 0 Å². The lowest BCUT2D eigenvalue weighted by atomic mass is 10.2. The zero-order chi connectivity index (χ0) is 14.3. The molecule has 0 saturated carbocycles. The molecular formula is C15H10ClFN2O. The van der Waals surface area contributed by atoms with Crippen LogP contribution in [0.15, 0.2) is 47.3 Å². The van der Waals surface area contributed by atoms with E-state index in [-0.39, 0.29) is 10.9 Å². The molecule has 1 heterocycles. The van der Waals surface area contributed by atoms with E-state index in [0.717, 1.165) is 0 Å². The maximum atomic E-state index is 13.3. The Labute approximate surface area is 119 Å². The Morgan fingerprint density at radius 3 is 2.55 bits per heavy atom. The molecule has 0 saturated heterocycles. The zero-order valence-electron chi connectivity index (χ0n) is 10.6. The van der Waals surface area contributed by atoms with Crippen molar-refractivity contribution in [3.05, 3.63) is 69.5 Å². The summed E-state index contributed by atoms with van der Waals surface area (Å²) in [6.07, 6.45) is 0. The Hall–Kier alpha value is -2.20. The molecule has 0 bridgehead atoms. The van der Waals surface area contributed by atoms with Gasteiger partial charge in [-0.1, -0.05) is 11.6 Å². The molecule has 0 unspecified atom stereocenters. The molecule has 3 nitrogen and oxygen atoms in total. The van der Waals surface area contributed by atoms with Crippen molar-refractivity contribution >= 4 is 22.5 Å². The maximum Gasteiger partial charge on any atom is 0.266 e. The van der Waals surface area contributed by atoms with E-state index >= 15 is 0 Å². The highest BCUT2D eigenvalue weighted by molar-refractivity contribution is 6.30. The molecule has 1 aromatic heterocycles. The van der Waals surface area contributed by atoms with Crippen LogP contribution in [0.25, 0.3) is 16.6 Å². The van der Waals surface area contributed by atoms with E-state index in [1.54, 1.807) is 31.2 Å². The summed E-state index contributed by atoms with van der Waals surface area (Å²) in [5.74, 6) is 0.0827. The van der Waals surface area contributed by atoms with Gasteiger partial charge in [0, 0.05) is 5.02 Å². The van der Waals surface area contributed by atoms with Crippen LogP contribution in [0, 0.1) is 12.7 Å². The minimum absolute atomic E-state index is 0.255. The van der Waals surface area contributed by atoms with Gasteiger partial charge in [-0.05, 0) is 49.4 Å². The summed E-state index contributed by atoms with van der Waals surface area (Å²) < 4.78 is 14.8. The van der Waals surface area contributed by atoms with Gasteiger partial charge in [-0.2, -0.15) is 0 Å². The smallest absolute Gasteiger partial charge is 0.266 e. The van der Waals surface area contributed by atoms with Crippen LogP contribution in [-0.4, -0.2) is 9.55 Å². The van der Waals surface area contributed by atoms with Crippen LogP contribution in [0.4, 0.5) is 4.39 Å². The molecule has 3 rings (SSSR count). The van der Waals surface area contributed by atoms with E-state index in [4.69, 9.17) is 11.6 Å². The van der Waals surface area contributed by atoms with E-state index in [0.29, 0.717) is 22.1 Å². The van der Waals surface area contributed by atoms with Crippen molar-refractivity contribution in [1.82, 2.24) is 9.55 Å². The number of nitrogens with zero attached hydrogens (tertiary/aromatic N) is 2. The lowest BCUT2D eigenvalue weighted by Crippen LogP contribution is -2.22. The van der Waals surface area contributed by atoms with Crippen LogP contribution in [0.2, 0.25) is 5.02 Å². The fourth-order valence-corrected chi connectivity index (χ4v) is 2.29. The molecule has 0 radical (unpaired) electrons. The predicted molar refractivity (Wildman–Crippen MR) is 77.0 cm³/mol. The minimum Gasteiger partial charge on any atom is -0.268 e. The third-order valence-electron chi connectivity index (χ3n) is 3.08. The van der Waals surface area contributed by atoms with Gasteiger partial charge in [-0.15, -0.1) is 0 Å². The quantitative estimate of drug-likeness (QED) is 0.687. The molecule has 20 heavy (non-hydrogen) atoms. The number of aryl methyl sites for hydroxylation is 1. The second-order valence-corrected chi connectivity index (χ2v) is 4.87. The Balaban J connectivity index is 2.36. The fraction of sp³-hybridized carbons (Fsp3) is 0.0667. The molecule has 0 atom stereocenters. The average molecular weight is 289 g/mol. The number of hydrogen-bond acceptors (Lipinski definition) is 2. The number of aromatic nitrogens is 2. The molecule has 0 N–H and O–H groups in total. The monoisotopic (exact) mass is 288 g/mol. The topological polar surface area (TPSA) is 34.9 Å². The molecule has 0 fully saturated rings. The van der Waals surface area contributed by atoms with Gasteiger partial charge in [0.1, 0.15) is 11.6 Å². The van der Waals surface area contributed by atoms with Crippen molar-refractivity contribution < 1.29 is 4.39 Å². The van der Waals surface area contributed by atoms with Crippen LogP contribution in [0.5, 0.6) is 0 Å². The molecule has 100 valence electrons. The second kappa shape index (κ2) is 4.72. The van der Waals surface area contributed by atoms with Crippen molar-refractivity contribution in [2.45, 2.75) is 6.92 Å². The number of benzene rings is 2. The van der Waals surface area contributed by atoms with Crippen LogP contribution in [-0.2, 0) is 0 Å².